The van der Waals surface area contributed by atoms with Gasteiger partial charge in [0.05, 0.1) is 0 Å². The number of aryl methyl sites for hydroxylation is 2. The summed E-state index contributed by atoms with van der Waals surface area (Å²) in [6, 6.07) is 13.6. The van der Waals surface area contributed by atoms with Gasteiger partial charge in [-0.15, -0.1) is 0 Å². The van der Waals surface area contributed by atoms with Gasteiger partial charge in [-0.25, -0.2) is 4.39 Å². The molecule has 1 heteroatoms. The van der Waals surface area contributed by atoms with Crippen LogP contribution in [0.3, 0.4) is 0 Å². The van der Waals surface area contributed by atoms with Gasteiger partial charge in [-0.05, 0) is 72.4 Å². The first kappa shape index (κ1) is 15.7. The number of rotatable bonds is 5. The molecule has 23 heavy (non-hydrogen) atoms. The molecule has 0 nitrogen and oxygen atoms in total. The summed E-state index contributed by atoms with van der Waals surface area (Å²) in [5, 5.41) is 0. The number of allylic oxidation sites excluding steroid dienone is 2. The Morgan fingerprint density at radius 3 is 2.35 bits per heavy atom. The summed E-state index contributed by atoms with van der Waals surface area (Å²) >= 11 is 0. The second kappa shape index (κ2) is 6.95. The van der Waals surface area contributed by atoms with Crippen molar-refractivity contribution in [1.29, 1.82) is 0 Å². The van der Waals surface area contributed by atoms with Gasteiger partial charge in [0.15, 0.2) is 0 Å². The molecule has 2 aromatic rings. The lowest BCUT2D eigenvalue weighted by Crippen LogP contribution is -2.03. The van der Waals surface area contributed by atoms with E-state index in [1.165, 1.54) is 48.4 Å². The van der Waals surface area contributed by atoms with Crippen LogP contribution >= 0.6 is 0 Å². The van der Waals surface area contributed by atoms with Crippen LogP contribution in [-0.2, 0) is 12.8 Å². The second-order valence-corrected chi connectivity index (χ2v) is 6.38. The van der Waals surface area contributed by atoms with Gasteiger partial charge < -0.3 is 0 Å². The molecule has 0 aliphatic heterocycles. The van der Waals surface area contributed by atoms with Gasteiger partial charge in [-0.1, -0.05) is 49.6 Å². The van der Waals surface area contributed by atoms with Crippen LogP contribution in [-0.4, -0.2) is 0 Å². The van der Waals surface area contributed by atoms with E-state index in [0.717, 1.165) is 24.0 Å². The van der Waals surface area contributed by atoms with Crippen molar-refractivity contribution in [3.05, 3.63) is 83.7 Å². The first-order chi connectivity index (χ1) is 11.1. The van der Waals surface area contributed by atoms with Crippen molar-refractivity contribution < 1.29 is 4.39 Å². The van der Waals surface area contributed by atoms with Crippen molar-refractivity contribution in [1.82, 2.24) is 0 Å². The van der Waals surface area contributed by atoms with E-state index >= 15 is 0 Å². The third kappa shape index (κ3) is 3.61. The number of fused-ring (bicyclic) bond motifs is 1. The molecule has 2 aromatic carbocycles. The monoisotopic (exact) mass is 306 g/mol. The maximum absolute atomic E-state index is 13.8. The Morgan fingerprint density at radius 1 is 0.870 bits per heavy atom. The van der Waals surface area contributed by atoms with Crippen LogP contribution in [0, 0.1) is 5.82 Å². The van der Waals surface area contributed by atoms with E-state index in [0.29, 0.717) is 5.56 Å². The maximum atomic E-state index is 13.8. The number of benzene rings is 2. The molecule has 0 atom stereocenters. The highest BCUT2D eigenvalue weighted by Gasteiger charge is 2.11. The van der Waals surface area contributed by atoms with Gasteiger partial charge in [0.25, 0.3) is 0 Å². The lowest BCUT2D eigenvalue weighted by molar-refractivity contribution is 0.623. The Balaban J connectivity index is 1.66. The topological polar surface area (TPSA) is 0 Å². The van der Waals surface area contributed by atoms with Crippen LogP contribution in [0.25, 0.3) is 11.1 Å². The van der Waals surface area contributed by atoms with E-state index in [2.05, 4.69) is 31.4 Å². The zero-order chi connectivity index (χ0) is 16.2. The summed E-state index contributed by atoms with van der Waals surface area (Å²) in [7, 11) is 0. The molecule has 118 valence electrons. The molecule has 0 amide bonds. The number of hydrogen-bond acceptors (Lipinski definition) is 0. The fourth-order valence-corrected chi connectivity index (χ4v) is 3.28. The van der Waals surface area contributed by atoms with Crippen molar-refractivity contribution in [3.8, 4) is 0 Å². The molecular weight excluding hydrogens is 283 g/mol. The lowest BCUT2D eigenvalue weighted by atomic mass is 9.88. The summed E-state index contributed by atoms with van der Waals surface area (Å²) < 4.78 is 13.8. The summed E-state index contributed by atoms with van der Waals surface area (Å²) in [6.07, 6.45) is 6.51. The van der Waals surface area contributed by atoms with Crippen LogP contribution in [0.5, 0.6) is 0 Å². The maximum Gasteiger partial charge on any atom is 0.130 e. The quantitative estimate of drug-likeness (QED) is 0.616. The first-order valence-electron chi connectivity index (χ1n) is 8.38. The average Bonchev–Trinajstić information content (AvgIpc) is 2.59. The van der Waals surface area contributed by atoms with Crippen molar-refractivity contribution in [2.45, 2.75) is 38.5 Å². The SMILES string of the molecule is C=C(CCC(=C)c1ccccc1F)c1ccc2c(c1)CCCC2. The molecule has 0 fully saturated rings. The molecule has 0 saturated carbocycles. The van der Waals surface area contributed by atoms with Crippen LogP contribution in [0.1, 0.15) is 47.9 Å². The zero-order valence-electron chi connectivity index (χ0n) is 13.6. The van der Waals surface area contributed by atoms with Gasteiger partial charge in [-0.3, -0.25) is 0 Å². The van der Waals surface area contributed by atoms with E-state index in [1.54, 1.807) is 12.1 Å². The Bertz CT molecular complexity index is 739. The van der Waals surface area contributed by atoms with E-state index in [1.807, 2.05) is 6.07 Å². The van der Waals surface area contributed by atoms with Crippen molar-refractivity contribution in [2.75, 3.05) is 0 Å². The largest absolute Gasteiger partial charge is 0.206 e. The van der Waals surface area contributed by atoms with Gasteiger partial charge in [-0.2, -0.15) is 0 Å². The highest BCUT2D eigenvalue weighted by atomic mass is 19.1. The number of hydrogen-bond donors (Lipinski definition) is 0. The van der Waals surface area contributed by atoms with E-state index in [9.17, 15) is 4.39 Å². The smallest absolute Gasteiger partial charge is 0.130 e. The highest BCUT2D eigenvalue weighted by molar-refractivity contribution is 5.69. The molecule has 1 aliphatic carbocycles. The predicted molar refractivity (Wildman–Crippen MR) is 96.8 cm³/mol. The molecule has 0 bridgehead atoms. The molecule has 1 aliphatic rings. The minimum absolute atomic E-state index is 0.197. The second-order valence-electron chi connectivity index (χ2n) is 6.38. The van der Waals surface area contributed by atoms with Crippen LogP contribution < -0.4 is 0 Å². The predicted octanol–water partition coefficient (Wildman–Crippen LogP) is 6.21. The summed E-state index contributed by atoms with van der Waals surface area (Å²) in [5.41, 5.74) is 6.74. The Labute approximate surface area is 138 Å². The fourth-order valence-electron chi connectivity index (χ4n) is 3.28. The van der Waals surface area contributed by atoms with E-state index < -0.39 is 0 Å². The van der Waals surface area contributed by atoms with Gasteiger partial charge in [0, 0.05) is 5.56 Å². The molecule has 0 unspecified atom stereocenters. The highest BCUT2D eigenvalue weighted by Crippen LogP contribution is 2.29. The normalized spacial score (nSPS) is 13.4. The van der Waals surface area contributed by atoms with Gasteiger partial charge in [0.1, 0.15) is 5.82 Å². The molecule has 0 heterocycles. The van der Waals surface area contributed by atoms with Crippen LogP contribution in [0.4, 0.5) is 4.39 Å². The van der Waals surface area contributed by atoms with Gasteiger partial charge >= 0.3 is 0 Å². The van der Waals surface area contributed by atoms with Gasteiger partial charge in [0.2, 0.25) is 0 Å². The molecule has 0 spiro atoms. The fraction of sp³-hybridized carbons (Fsp3) is 0.273. The van der Waals surface area contributed by atoms with E-state index in [-0.39, 0.29) is 5.82 Å². The third-order valence-corrected chi connectivity index (χ3v) is 4.74. The summed E-state index contributed by atoms with van der Waals surface area (Å²) in [5.74, 6) is -0.197. The standard InChI is InChI=1S/C22H23F/c1-16(11-12-17(2)21-9-5-6-10-22(21)23)19-14-13-18-7-3-4-8-20(18)15-19/h5-6,9-10,13-15H,1-4,7-8,11-12H2. The zero-order valence-corrected chi connectivity index (χ0v) is 13.6. The number of halogens is 1. The molecular formula is C22H23F. The van der Waals surface area contributed by atoms with Crippen molar-refractivity contribution in [3.63, 3.8) is 0 Å². The molecule has 0 aromatic heterocycles. The Morgan fingerprint density at radius 2 is 1.57 bits per heavy atom. The molecule has 0 radical (unpaired) electrons. The molecule has 0 saturated heterocycles. The van der Waals surface area contributed by atoms with Crippen molar-refractivity contribution >= 4 is 11.1 Å². The first-order valence-corrected chi connectivity index (χ1v) is 8.38. The minimum Gasteiger partial charge on any atom is -0.206 e. The average molecular weight is 306 g/mol. The Kier molecular flexibility index (Phi) is 4.76. The minimum atomic E-state index is -0.197. The van der Waals surface area contributed by atoms with Crippen molar-refractivity contribution in [2.24, 2.45) is 0 Å². The summed E-state index contributed by atoms with van der Waals surface area (Å²) in [6.45, 7) is 8.27. The molecule has 0 N–H and O–H groups in total. The lowest BCUT2D eigenvalue weighted by Gasteiger charge is -2.17. The van der Waals surface area contributed by atoms with Crippen LogP contribution in [0.2, 0.25) is 0 Å². The van der Waals surface area contributed by atoms with E-state index in [4.69, 9.17) is 0 Å². The molecule has 3 rings (SSSR count). The van der Waals surface area contributed by atoms with Crippen LogP contribution in [0.15, 0.2) is 55.6 Å². The summed E-state index contributed by atoms with van der Waals surface area (Å²) in [4.78, 5) is 0. The third-order valence-electron chi connectivity index (χ3n) is 4.74. The Hall–Kier alpha value is -2.15.